The summed E-state index contributed by atoms with van der Waals surface area (Å²) in [5.41, 5.74) is 0. The minimum absolute atomic E-state index is 0.0586. The predicted octanol–water partition coefficient (Wildman–Crippen LogP) is 1.14. The van der Waals surface area contributed by atoms with E-state index in [-0.39, 0.29) is 19.0 Å². The largest absolute Gasteiger partial charge is 0.403 e. The van der Waals surface area contributed by atoms with Crippen molar-refractivity contribution in [1.82, 2.24) is 10.0 Å². The van der Waals surface area contributed by atoms with E-state index in [2.05, 4.69) is 10.0 Å². The molecule has 0 spiro atoms. The lowest BCUT2D eigenvalue weighted by Crippen LogP contribution is -2.45. The Kier molecular flexibility index (Phi) is 3.89. The van der Waals surface area contributed by atoms with E-state index in [0.29, 0.717) is 12.8 Å². The first kappa shape index (κ1) is 14.1. The van der Waals surface area contributed by atoms with Crippen molar-refractivity contribution in [2.45, 2.75) is 55.6 Å². The first-order valence-corrected chi connectivity index (χ1v) is 7.65. The SMILES string of the molecule is O=S(=O)(NCCC(NC1CC1)C(F)(F)F)C1CC1. The van der Waals surface area contributed by atoms with Crippen LogP contribution in [-0.2, 0) is 10.0 Å². The van der Waals surface area contributed by atoms with Crippen LogP contribution in [0.1, 0.15) is 32.1 Å². The second kappa shape index (κ2) is 4.97. The maximum absolute atomic E-state index is 12.7. The second-order valence-electron chi connectivity index (χ2n) is 4.96. The van der Waals surface area contributed by atoms with E-state index in [4.69, 9.17) is 0 Å². The summed E-state index contributed by atoms with van der Waals surface area (Å²) in [6.07, 6.45) is -1.84. The Balaban J connectivity index is 1.77. The Morgan fingerprint density at radius 3 is 2.22 bits per heavy atom. The number of hydrogen-bond acceptors (Lipinski definition) is 3. The van der Waals surface area contributed by atoms with Gasteiger partial charge in [0.25, 0.3) is 0 Å². The molecule has 0 aromatic rings. The Morgan fingerprint density at radius 2 is 1.78 bits per heavy atom. The maximum Gasteiger partial charge on any atom is 0.403 e. The summed E-state index contributed by atoms with van der Waals surface area (Å²) in [4.78, 5) is 0. The number of alkyl halides is 3. The zero-order valence-electron chi connectivity index (χ0n) is 9.83. The van der Waals surface area contributed by atoms with Crippen molar-refractivity contribution < 1.29 is 21.6 Å². The number of sulfonamides is 1. The zero-order chi connectivity index (χ0) is 13.4. The monoisotopic (exact) mass is 286 g/mol. The van der Waals surface area contributed by atoms with Gasteiger partial charge in [0, 0.05) is 12.6 Å². The molecule has 0 aliphatic heterocycles. The molecule has 8 heteroatoms. The molecule has 0 radical (unpaired) electrons. The van der Waals surface area contributed by atoms with Gasteiger partial charge in [-0.25, -0.2) is 13.1 Å². The number of halogens is 3. The van der Waals surface area contributed by atoms with Crippen molar-refractivity contribution in [3.8, 4) is 0 Å². The van der Waals surface area contributed by atoms with E-state index in [0.717, 1.165) is 12.8 Å². The van der Waals surface area contributed by atoms with E-state index in [9.17, 15) is 21.6 Å². The Labute approximate surface area is 104 Å². The average Bonchev–Trinajstić information content (AvgIpc) is 3.09. The van der Waals surface area contributed by atoms with Crippen LogP contribution in [0.25, 0.3) is 0 Å². The van der Waals surface area contributed by atoms with Gasteiger partial charge in [-0.05, 0) is 32.1 Å². The molecule has 0 heterocycles. The summed E-state index contributed by atoms with van der Waals surface area (Å²) in [6, 6.07) is -1.68. The molecule has 18 heavy (non-hydrogen) atoms. The summed E-state index contributed by atoms with van der Waals surface area (Å²) in [5, 5.41) is 2.11. The first-order chi connectivity index (χ1) is 8.29. The van der Waals surface area contributed by atoms with Crippen LogP contribution < -0.4 is 10.0 Å². The normalized spacial score (nSPS) is 23.1. The highest BCUT2D eigenvalue weighted by Crippen LogP contribution is 2.29. The fourth-order valence-corrected chi connectivity index (χ4v) is 3.11. The summed E-state index contributed by atoms with van der Waals surface area (Å²) in [5.74, 6) is 0. The van der Waals surface area contributed by atoms with Gasteiger partial charge in [0.1, 0.15) is 6.04 Å². The van der Waals surface area contributed by atoms with E-state index in [1.54, 1.807) is 0 Å². The van der Waals surface area contributed by atoms with Crippen LogP contribution in [0.5, 0.6) is 0 Å². The molecule has 1 unspecified atom stereocenters. The lowest BCUT2D eigenvalue weighted by molar-refractivity contribution is -0.157. The van der Waals surface area contributed by atoms with Crippen LogP contribution in [0.3, 0.4) is 0 Å². The van der Waals surface area contributed by atoms with Gasteiger partial charge in [-0.2, -0.15) is 13.2 Å². The Morgan fingerprint density at radius 1 is 1.17 bits per heavy atom. The van der Waals surface area contributed by atoms with Crippen LogP contribution >= 0.6 is 0 Å². The third kappa shape index (κ3) is 4.10. The molecule has 0 aromatic heterocycles. The van der Waals surface area contributed by atoms with Crippen LogP contribution in [0.15, 0.2) is 0 Å². The van der Waals surface area contributed by atoms with Crippen LogP contribution in [0.2, 0.25) is 0 Å². The molecule has 2 rings (SSSR count). The molecule has 4 nitrogen and oxygen atoms in total. The van der Waals surface area contributed by atoms with E-state index < -0.39 is 27.5 Å². The molecule has 0 amide bonds. The molecule has 2 aliphatic rings. The maximum atomic E-state index is 12.7. The fraction of sp³-hybridized carbons (Fsp3) is 1.00. The zero-order valence-corrected chi connectivity index (χ0v) is 10.6. The quantitative estimate of drug-likeness (QED) is 0.738. The standard InChI is InChI=1S/C10H17F3N2O2S/c11-10(12,13)9(15-7-1-2-7)5-6-14-18(16,17)8-3-4-8/h7-9,14-15H,1-6H2. The van der Waals surface area contributed by atoms with Gasteiger partial charge in [-0.15, -0.1) is 0 Å². The predicted molar refractivity (Wildman–Crippen MR) is 60.6 cm³/mol. The minimum Gasteiger partial charge on any atom is -0.303 e. The van der Waals surface area contributed by atoms with Crippen molar-refractivity contribution in [3.05, 3.63) is 0 Å². The van der Waals surface area contributed by atoms with Gasteiger partial charge in [0.2, 0.25) is 10.0 Å². The van der Waals surface area contributed by atoms with Gasteiger partial charge in [-0.1, -0.05) is 0 Å². The summed E-state index contributed by atoms with van der Waals surface area (Å²) in [6.45, 7) is -0.164. The molecular weight excluding hydrogens is 269 g/mol. The molecular formula is C10H17F3N2O2S. The molecule has 0 aromatic carbocycles. The van der Waals surface area contributed by atoms with Crippen molar-refractivity contribution in [2.75, 3.05) is 6.54 Å². The molecule has 2 saturated carbocycles. The third-order valence-corrected chi connectivity index (χ3v) is 5.06. The number of hydrogen-bond donors (Lipinski definition) is 2. The van der Waals surface area contributed by atoms with E-state index in [1.165, 1.54) is 0 Å². The topological polar surface area (TPSA) is 58.2 Å². The van der Waals surface area contributed by atoms with Crippen molar-refractivity contribution >= 4 is 10.0 Å². The smallest absolute Gasteiger partial charge is 0.303 e. The van der Waals surface area contributed by atoms with E-state index >= 15 is 0 Å². The van der Waals surface area contributed by atoms with Gasteiger partial charge in [0.15, 0.2) is 0 Å². The van der Waals surface area contributed by atoms with Gasteiger partial charge in [0.05, 0.1) is 5.25 Å². The third-order valence-electron chi connectivity index (χ3n) is 3.11. The van der Waals surface area contributed by atoms with Crippen molar-refractivity contribution in [1.29, 1.82) is 0 Å². The minimum atomic E-state index is -4.33. The first-order valence-electron chi connectivity index (χ1n) is 6.10. The summed E-state index contributed by atoms with van der Waals surface area (Å²) < 4.78 is 63.1. The van der Waals surface area contributed by atoms with Crippen molar-refractivity contribution in [3.63, 3.8) is 0 Å². The van der Waals surface area contributed by atoms with Gasteiger partial charge in [-0.3, -0.25) is 0 Å². The summed E-state index contributed by atoms with van der Waals surface area (Å²) in [7, 11) is -3.39. The lowest BCUT2D eigenvalue weighted by atomic mass is 10.2. The molecule has 2 N–H and O–H groups in total. The number of rotatable bonds is 7. The summed E-state index contributed by atoms with van der Waals surface area (Å²) >= 11 is 0. The highest BCUT2D eigenvalue weighted by Gasteiger charge is 2.42. The molecule has 0 bridgehead atoms. The highest BCUT2D eigenvalue weighted by molar-refractivity contribution is 7.90. The molecule has 2 fully saturated rings. The molecule has 0 saturated heterocycles. The molecule has 1 atom stereocenters. The Hall–Kier alpha value is -0.340. The van der Waals surface area contributed by atoms with E-state index in [1.807, 2.05) is 0 Å². The second-order valence-corrected chi connectivity index (χ2v) is 7.01. The Bertz CT molecular complexity index is 388. The van der Waals surface area contributed by atoms with Crippen LogP contribution in [-0.4, -0.2) is 38.5 Å². The molecule has 106 valence electrons. The van der Waals surface area contributed by atoms with Crippen molar-refractivity contribution in [2.24, 2.45) is 0 Å². The number of nitrogens with one attached hydrogen (secondary N) is 2. The van der Waals surface area contributed by atoms with Crippen LogP contribution in [0, 0.1) is 0 Å². The fourth-order valence-electron chi connectivity index (χ4n) is 1.72. The highest BCUT2D eigenvalue weighted by atomic mass is 32.2. The van der Waals surface area contributed by atoms with Crippen LogP contribution in [0.4, 0.5) is 13.2 Å². The van der Waals surface area contributed by atoms with Gasteiger partial charge >= 0.3 is 6.18 Å². The molecule has 2 aliphatic carbocycles. The lowest BCUT2D eigenvalue weighted by Gasteiger charge is -2.21. The average molecular weight is 286 g/mol. The van der Waals surface area contributed by atoms with Gasteiger partial charge < -0.3 is 5.32 Å².